The second kappa shape index (κ2) is 5.89. The minimum atomic E-state index is -0.232. The van der Waals surface area contributed by atoms with Crippen molar-refractivity contribution in [1.82, 2.24) is 0 Å². The van der Waals surface area contributed by atoms with E-state index in [4.69, 9.17) is 26.8 Å². The summed E-state index contributed by atoms with van der Waals surface area (Å²) in [6.07, 6.45) is -0.00368. The van der Waals surface area contributed by atoms with E-state index >= 15 is 0 Å². The minimum absolute atomic E-state index is 0.00368. The van der Waals surface area contributed by atoms with Crippen molar-refractivity contribution in [1.29, 1.82) is 0 Å². The SMILES string of the molecule is COc1cc(C(=O)CN)c(Cl)cc1OC(C)C. The van der Waals surface area contributed by atoms with Gasteiger partial charge in [0.05, 0.1) is 24.8 Å². The van der Waals surface area contributed by atoms with Gasteiger partial charge in [-0.25, -0.2) is 0 Å². The third kappa shape index (κ3) is 3.35. The number of carbonyl (C=O) groups excluding carboxylic acids is 1. The lowest BCUT2D eigenvalue weighted by atomic mass is 10.1. The van der Waals surface area contributed by atoms with E-state index < -0.39 is 0 Å². The molecule has 1 aromatic rings. The van der Waals surface area contributed by atoms with Gasteiger partial charge in [-0.05, 0) is 19.9 Å². The van der Waals surface area contributed by atoms with Crippen molar-refractivity contribution in [3.63, 3.8) is 0 Å². The van der Waals surface area contributed by atoms with Gasteiger partial charge >= 0.3 is 0 Å². The number of rotatable bonds is 5. The molecule has 2 N–H and O–H groups in total. The summed E-state index contributed by atoms with van der Waals surface area (Å²) in [6.45, 7) is 3.70. The van der Waals surface area contributed by atoms with Crippen LogP contribution in [-0.2, 0) is 0 Å². The van der Waals surface area contributed by atoms with Crippen LogP contribution in [0, 0.1) is 0 Å². The molecular weight excluding hydrogens is 242 g/mol. The van der Waals surface area contributed by atoms with Gasteiger partial charge in [0, 0.05) is 11.6 Å². The van der Waals surface area contributed by atoms with Crippen LogP contribution >= 0.6 is 11.6 Å². The van der Waals surface area contributed by atoms with E-state index in [9.17, 15) is 4.79 Å². The van der Waals surface area contributed by atoms with Crippen LogP contribution in [0.25, 0.3) is 0 Å². The maximum Gasteiger partial charge on any atom is 0.178 e. The summed E-state index contributed by atoms with van der Waals surface area (Å²) in [6, 6.07) is 3.12. The van der Waals surface area contributed by atoms with Gasteiger partial charge in [-0.1, -0.05) is 11.6 Å². The van der Waals surface area contributed by atoms with Gasteiger partial charge in [0.2, 0.25) is 0 Å². The number of ketones is 1. The third-order valence-corrected chi connectivity index (χ3v) is 2.41. The van der Waals surface area contributed by atoms with E-state index in [1.165, 1.54) is 7.11 Å². The summed E-state index contributed by atoms with van der Waals surface area (Å²) < 4.78 is 10.7. The number of methoxy groups -OCH3 is 1. The van der Waals surface area contributed by atoms with Gasteiger partial charge in [-0.2, -0.15) is 0 Å². The van der Waals surface area contributed by atoms with Crippen molar-refractivity contribution in [2.24, 2.45) is 5.73 Å². The quantitative estimate of drug-likeness (QED) is 0.822. The van der Waals surface area contributed by atoms with Gasteiger partial charge in [0.1, 0.15) is 0 Å². The zero-order valence-electron chi connectivity index (χ0n) is 10.1. The molecule has 17 heavy (non-hydrogen) atoms. The standard InChI is InChI=1S/C12H16ClNO3/c1-7(2)17-12-5-9(13)8(10(15)6-14)4-11(12)16-3/h4-5,7H,6,14H2,1-3H3. The summed E-state index contributed by atoms with van der Waals surface area (Å²) in [5.74, 6) is 0.755. The first-order valence-electron chi connectivity index (χ1n) is 5.27. The fourth-order valence-corrected chi connectivity index (χ4v) is 1.62. The molecule has 0 fully saturated rings. The predicted molar refractivity (Wildman–Crippen MR) is 67.2 cm³/mol. The number of nitrogens with two attached hydrogens (primary N) is 1. The highest BCUT2D eigenvalue weighted by molar-refractivity contribution is 6.34. The third-order valence-electron chi connectivity index (χ3n) is 2.10. The molecule has 0 aliphatic heterocycles. The predicted octanol–water partition coefficient (Wildman–Crippen LogP) is 2.28. The van der Waals surface area contributed by atoms with Crippen molar-refractivity contribution in [2.75, 3.05) is 13.7 Å². The Kier molecular flexibility index (Phi) is 4.78. The first kappa shape index (κ1) is 13.8. The Labute approximate surface area is 106 Å². The van der Waals surface area contributed by atoms with Gasteiger partial charge in [0.15, 0.2) is 17.3 Å². The van der Waals surface area contributed by atoms with E-state index in [1.54, 1.807) is 12.1 Å². The first-order valence-corrected chi connectivity index (χ1v) is 5.64. The van der Waals surface area contributed by atoms with Crippen molar-refractivity contribution in [3.05, 3.63) is 22.7 Å². The normalized spacial score (nSPS) is 10.5. The van der Waals surface area contributed by atoms with Crippen LogP contribution in [0.15, 0.2) is 12.1 Å². The van der Waals surface area contributed by atoms with Crippen molar-refractivity contribution >= 4 is 17.4 Å². The van der Waals surface area contributed by atoms with Crippen LogP contribution in [0.3, 0.4) is 0 Å². The molecule has 5 heteroatoms. The van der Waals surface area contributed by atoms with Crippen LogP contribution in [0.5, 0.6) is 11.5 Å². The average Bonchev–Trinajstić information content (AvgIpc) is 2.27. The van der Waals surface area contributed by atoms with E-state index in [0.29, 0.717) is 22.1 Å². The summed E-state index contributed by atoms with van der Waals surface area (Å²) in [7, 11) is 1.51. The molecule has 94 valence electrons. The van der Waals surface area contributed by atoms with Crippen LogP contribution in [0.1, 0.15) is 24.2 Å². The lowest BCUT2D eigenvalue weighted by Gasteiger charge is -2.15. The zero-order valence-corrected chi connectivity index (χ0v) is 10.9. The number of carbonyl (C=O) groups is 1. The molecule has 4 nitrogen and oxygen atoms in total. The van der Waals surface area contributed by atoms with Crippen molar-refractivity contribution in [3.8, 4) is 11.5 Å². The highest BCUT2D eigenvalue weighted by Crippen LogP contribution is 2.34. The molecule has 0 heterocycles. The van der Waals surface area contributed by atoms with Crippen LogP contribution in [0.2, 0.25) is 5.02 Å². The van der Waals surface area contributed by atoms with E-state index in [2.05, 4.69) is 0 Å². The Balaban J connectivity index is 3.19. The number of hydrogen-bond donors (Lipinski definition) is 1. The summed E-state index contributed by atoms with van der Waals surface area (Å²) in [5, 5.41) is 0.317. The molecule has 0 aliphatic rings. The second-order valence-electron chi connectivity index (χ2n) is 3.78. The lowest BCUT2D eigenvalue weighted by Crippen LogP contribution is -2.14. The molecule has 0 atom stereocenters. The fourth-order valence-electron chi connectivity index (χ4n) is 1.36. The second-order valence-corrected chi connectivity index (χ2v) is 4.18. The molecule has 1 aromatic carbocycles. The maximum atomic E-state index is 11.5. The summed E-state index contributed by atoms with van der Waals surface area (Å²) in [5.41, 5.74) is 5.65. The Hall–Kier alpha value is -1.26. The molecule has 0 unspecified atom stereocenters. The van der Waals surface area contributed by atoms with Crippen molar-refractivity contribution in [2.45, 2.75) is 20.0 Å². The number of Topliss-reactive ketones (excluding diaryl/α,β-unsaturated/α-hetero) is 1. The minimum Gasteiger partial charge on any atom is -0.493 e. The summed E-state index contributed by atoms with van der Waals surface area (Å²) >= 11 is 6.00. The molecule has 0 spiro atoms. The molecular formula is C12H16ClNO3. The Bertz CT molecular complexity index is 418. The van der Waals surface area contributed by atoms with Crippen molar-refractivity contribution < 1.29 is 14.3 Å². The Morgan fingerprint density at radius 1 is 1.41 bits per heavy atom. The maximum absolute atomic E-state index is 11.5. The number of hydrogen-bond acceptors (Lipinski definition) is 4. The molecule has 0 amide bonds. The molecule has 0 saturated carbocycles. The van der Waals surface area contributed by atoms with E-state index in [-0.39, 0.29) is 18.4 Å². The summed E-state index contributed by atoms with van der Waals surface area (Å²) in [4.78, 5) is 11.5. The molecule has 0 bridgehead atoms. The highest BCUT2D eigenvalue weighted by atomic mass is 35.5. The van der Waals surface area contributed by atoms with Crippen LogP contribution in [-0.4, -0.2) is 25.5 Å². The van der Waals surface area contributed by atoms with Gasteiger partial charge in [-0.15, -0.1) is 0 Å². The molecule has 1 rings (SSSR count). The Morgan fingerprint density at radius 2 is 2.06 bits per heavy atom. The monoisotopic (exact) mass is 257 g/mol. The number of halogens is 1. The van der Waals surface area contributed by atoms with Gasteiger partial charge in [-0.3, -0.25) is 4.79 Å². The van der Waals surface area contributed by atoms with Gasteiger partial charge in [0.25, 0.3) is 0 Å². The fraction of sp³-hybridized carbons (Fsp3) is 0.417. The molecule has 0 aliphatic carbocycles. The molecule has 0 radical (unpaired) electrons. The van der Waals surface area contributed by atoms with Crippen LogP contribution in [0.4, 0.5) is 0 Å². The van der Waals surface area contributed by atoms with Crippen LogP contribution < -0.4 is 15.2 Å². The Morgan fingerprint density at radius 3 is 2.53 bits per heavy atom. The number of benzene rings is 1. The molecule has 0 saturated heterocycles. The zero-order chi connectivity index (χ0) is 13.0. The van der Waals surface area contributed by atoms with E-state index in [0.717, 1.165) is 0 Å². The van der Waals surface area contributed by atoms with E-state index in [1.807, 2.05) is 13.8 Å². The average molecular weight is 258 g/mol. The first-order chi connectivity index (χ1) is 7.99. The number of ether oxygens (including phenoxy) is 2. The van der Waals surface area contributed by atoms with Gasteiger partial charge < -0.3 is 15.2 Å². The smallest absolute Gasteiger partial charge is 0.178 e. The largest absolute Gasteiger partial charge is 0.493 e. The lowest BCUT2D eigenvalue weighted by molar-refractivity contribution is 0.100. The highest BCUT2D eigenvalue weighted by Gasteiger charge is 2.15. The topological polar surface area (TPSA) is 61.5 Å². The molecule has 0 aromatic heterocycles.